The molecule has 0 bridgehead atoms. The molecule has 98 valence electrons. The second-order valence-electron chi connectivity index (χ2n) is 6.05. The van der Waals surface area contributed by atoms with E-state index in [1.165, 1.54) is 30.2 Å². The van der Waals surface area contributed by atoms with Crippen LogP contribution in [0.15, 0.2) is 36.5 Å². The first-order chi connectivity index (χ1) is 9.36. The molecular formula is C16H19N3. The molecule has 3 atom stereocenters. The van der Waals surface area contributed by atoms with Crippen LogP contribution in [-0.4, -0.2) is 4.98 Å². The highest BCUT2D eigenvalue weighted by Crippen LogP contribution is 2.57. The minimum atomic E-state index is 0.265. The molecule has 3 N–H and O–H groups in total. The number of hydrazine groups is 1. The highest BCUT2D eigenvalue weighted by atomic mass is 15.2. The van der Waals surface area contributed by atoms with Crippen LogP contribution in [0.1, 0.15) is 30.9 Å². The second kappa shape index (κ2) is 4.29. The third-order valence-corrected chi connectivity index (χ3v) is 4.95. The maximum Gasteiger partial charge on any atom is 0.0705 e. The summed E-state index contributed by atoms with van der Waals surface area (Å²) >= 11 is 0. The number of hydrogen-bond acceptors (Lipinski definition) is 3. The second-order valence-corrected chi connectivity index (χ2v) is 6.05. The zero-order valence-electron chi connectivity index (χ0n) is 10.9. The Bertz CT molecular complexity index is 594. The summed E-state index contributed by atoms with van der Waals surface area (Å²) in [5.74, 6) is 8.51. The number of aromatic nitrogens is 1. The minimum Gasteiger partial charge on any atom is -0.271 e. The van der Waals surface area contributed by atoms with Gasteiger partial charge < -0.3 is 0 Å². The molecule has 2 aromatic rings. The van der Waals surface area contributed by atoms with E-state index in [1.807, 2.05) is 12.3 Å². The van der Waals surface area contributed by atoms with Gasteiger partial charge in [0.15, 0.2) is 0 Å². The van der Waals surface area contributed by atoms with Gasteiger partial charge in [0.25, 0.3) is 0 Å². The predicted octanol–water partition coefficient (Wildman–Crippen LogP) is 2.79. The van der Waals surface area contributed by atoms with Crippen molar-refractivity contribution >= 4 is 10.9 Å². The van der Waals surface area contributed by atoms with Gasteiger partial charge in [-0.2, -0.15) is 0 Å². The Balaban J connectivity index is 1.74. The molecule has 1 aromatic heterocycles. The summed E-state index contributed by atoms with van der Waals surface area (Å²) < 4.78 is 0. The number of pyridine rings is 1. The standard InChI is InChI=1S/C16H19N3/c17-19-16(12-8-10-7-11(10)9-12)14-3-1-5-15-13(14)4-2-6-18-15/h1-6,10-12,16,19H,7-9,17H2. The number of nitrogens with two attached hydrogens (primary N) is 1. The Morgan fingerprint density at radius 2 is 1.95 bits per heavy atom. The number of hydrogen-bond donors (Lipinski definition) is 2. The van der Waals surface area contributed by atoms with Gasteiger partial charge in [-0.05, 0) is 54.7 Å². The third kappa shape index (κ3) is 1.85. The fourth-order valence-corrected chi connectivity index (χ4v) is 3.91. The fourth-order valence-electron chi connectivity index (χ4n) is 3.91. The van der Waals surface area contributed by atoms with E-state index in [9.17, 15) is 0 Å². The average Bonchev–Trinajstić information content (AvgIpc) is 3.07. The Morgan fingerprint density at radius 1 is 1.11 bits per heavy atom. The zero-order valence-corrected chi connectivity index (χ0v) is 10.9. The predicted molar refractivity (Wildman–Crippen MR) is 76.1 cm³/mol. The van der Waals surface area contributed by atoms with E-state index in [1.54, 1.807) is 0 Å². The van der Waals surface area contributed by atoms with E-state index >= 15 is 0 Å². The highest BCUT2D eigenvalue weighted by molar-refractivity contribution is 5.82. The van der Waals surface area contributed by atoms with Gasteiger partial charge >= 0.3 is 0 Å². The van der Waals surface area contributed by atoms with E-state index < -0.39 is 0 Å². The van der Waals surface area contributed by atoms with Gasteiger partial charge in [0, 0.05) is 17.6 Å². The molecule has 0 aliphatic heterocycles. The molecule has 3 unspecified atom stereocenters. The quantitative estimate of drug-likeness (QED) is 0.653. The highest BCUT2D eigenvalue weighted by Gasteiger charge is 2.48. The van der Waals surface area contributed by atoms with E-state index in [0.717, 1.165) is 17.4 Å². The van der Waals surface area contributed by atoms with Crippen LogP contribution in [0.2, 0.25) is 0 Å². The summed E-state index contributed by atoms with van der Waals surface area (Å²) in [5, 5.41) is 1.23. The molecule has 19 heavy (non-hydrogen) atoms. The summed E-state index contributed by atoms with van der Waals surface area (Å²) in [6, 6.07) is 10.8. The molecule has 4 rings (SSSR count). The van der Waals surface area contributed by atoms with Gasteiger partial charge in [-0.1, -0.05) is 18.2 Å². The number of nitrogens with one attached hydrogen (secondary N) is 1. The lowest BCUT2D eigenvalue weighted by molar-refractivity contribution is 0.347. The van der Waals surface area contributed by atoms with Gasteiger partial charge in [-0.15, -0.1) is 0 Å². The number of rotatable bonds is 3. The van der Waals surface area contributed by atoms with Crippen molar-refractivity contribution < 1.29 is 0 Å². The van der Waals surface area contributed by atoms with E-state index in [2.05, 4.69) is 34.7 Å². The molecule has 3 nitrogen and oxygen atoms in total. The van der Waals surface area contributed by atoms with Crippen molar-refractivity contribution in [1.29, 1.82) is 0 Å². The van der Waals surface area contributed by atoms with Crippen LogP contribution in [0.4, 0.5) is 0 Å². The van der Waals surface area contributed by atoms with E-state index in [0.29, 0.717) is 5.92 Å². The van der Waals surface area contributed by atoms with Crippen molar-refractivity contribution in [3.8, 4) is 0 Å². The van der Waals surface area contributed by atoms with Crippen molar-refractivity contribution in [1.82, 2.24) is 10.4 Å². The van der Waals surface area contributed by atoms with Crippen LogP contribution < -0.4 is 11.3 Å². The topological polar surface area (TPSA) is 50.9 Å². The van der Waals surface area contributed by atoms with Crippen LogP contribution >= 0.6 is 0 Å². The van der Waals surface area contributed by atoms with E-state index in [-0.39, 0.29) is 6.04 Å². The van der Waals surface area contributed by atoms with Crippen molar-refractivity contribution in [3.63, 3.8) is 0 Å². The largest absolute Gasteiger partial charge is 0.271 e. The Kier molecular flexibility index (Phi) is 2.57. The van der Waals surface area contributed by atoms with Gasteiger partial charge in [0.1, 0.15) is 0 Å². The number of fused-ring (bicyclic) bond motifs is 2. The molecule has 2 aliphatic rings. The van der Waals surface area contributed by atoms with Crippen LogP contribution in [-0.2, 0) is 0 Å². The van der Waals surface area contributed by atoms with Crippen LogP contribution in [0, 0.1) is 17.8 Å². The van der Waals surface area contributed by atoms with Gasteiger partial charge in [0.2, 0.25) is 0 Å². The number of benzene rings is 1. The maximum absolute atomic E-state index is 5.87. The molecule has 1 heterocycles. The zero-order chi connectivity index (χ0) is 12.8. The lowest BCUT2D eigenvalue weighted by atomic mass is 9.88. The van der Waals surface area contributed by atoms with Gasteiger partial charge in [-0.25, -0.2) is 0 Å². The fraction of sp³-hybridized carbons (Fsp3) is 0.438. The summed E-state index contributed by atoms with van der Waals surface area (Å²) in [5.41, 5.74) is 5.43. The first-order valence-electron chi connectivity index (χ1n) is 7.16. The average molecular weight is 253 g/mol. The van der Waals surface area contributed by atoms with Crippen LogP contribution in [0.3, 0.4) is 0 Å². The smallest absolute Gasteiger partial charge is 0.0705 e. The lowest BCUT2D eigenvalue weighted by Crippen LogP contribution is -2.33. The molecule has 1 aromatic carbocycles. The molecule has 2 aliphatic carbocycles. The summed E-state index contributed by atoms with van der Waals surface area (Å²) in [4.78, 5) is 4.44. The molecule has 0 radical (unpaired) electrons. The van der Waals surface area contributed by atoms with Gasteiger partial charge in [0.05, 0.1) is 5.52 Å². The van der Waals surface area contributed by atoms with Crippen molar-refractivity contribution in [2.45, 2.75) is 25.3 Å². The molecule has 0 saturated heterocycles. The molecule has 0 spiro atoms. The molecule has 2 fully saturated rings. The van der Waals surface area contributed by atoms with Crippen LogP contribution in [0.25, 0.3) is 10.9 Å². The molecular weight excluding hydrogens is 234 g/mol. The Labute approximate surface area is 113 Å². The Morgan fingerprint density at radius 3 is 2.74 bits per heavy atom. The monoisotopic (exact) mass is 253 g/mol. The normalized spacial score (nSPS) is 30.3. The molecule has 2 saturated carbocycles. The third-order valence-electron chi connectivity index (χ3n) is 4.95. The van der Waals surface area contributed by atoms with E-state index in [4.69, 9.17) is 5.84 Å². The summed E-state index contributed by atoms with van der Waals surface area (Å²) in [6.45, 7) is 0. The lowest BCUT2D eigenvalue weighted by Gasteiger charge is -2.25. The van der Waals surface area contributed by atoms with Crippen LogP contribution in [0.5, 0.6) is 0 Å². The summed E-state index contributed by atoms with van der Waals surface area (Å²) in [7, 11) is 0. The van der Waals surface area contributed by atoms with Gasteiger partial charge in [-0.3, -0.25) is 16.3 Å². The van der Waals surface area contributed by atoms with Crippen molar-refractivity contribution in [2.75, 3.05) is 0 Å². The Hall–Kier alpha value is -1.45. The SMILES string of the molecule is NNC(c1cccc2ncccc12)C1CC2CC2C1. The summed E-state index contributed by atoms with van der Waals surface area (Å²) in [6.07, 6.45) is 5.96. The number of nitrogens with zero attached hydrogens (tertiary/aromatic N) is 1. The molecule has 0 amide bonds. The first-order valence-corrected chi connectivity index (χ1v) is 7.16. The van der Waals surface area contributed by atoms with Crippen molar-refractivity contribution in [3.05, 3.63) is 42.1 Å². The molecule has 3 heteroatoms. The first kappa shape index (κ1) is 11.4. The minimum absolute atomic E-state index is 0.265. The van der Waals surface area contributed by atoms with Crippen molar-refractivity contribution in [2.24, 2.45) is 23.6 Å². The maximum atomic E-state index is 5.87.